The Morgan fingerprint density at radius 2 is 2.75 bits per heavy atom. The van der Waals surface area contributed by atoms with Crippen molar-refractivity contribution in [1.29, 1.82) is 0 Å². The predicted molar refractivity (Wildman–Crippen MR) is 31.8 cm³/mol. The number of halogens is 1. The summed E-state index contributed by atoms with van der Waals surface area (Å²) in [6, 6.07) is 1.32. The first kappa shape index (κ1) is 2.78. The molecule has 0 aliphatic heterocycles. The lowest BCUT2D eigenvalue weighted by Crippen LogP contribution is -1.82. The number of rotatable bonds is 0. The van der Waals surface area contributed by atoms with Crippen molar-refractivity contribution in [2.45, 2.75) is 6.85 Å². The van der Waals surface area contributed by atoms with Crippen molar-refractivity contribution >= 4 is 11.6 Å². The summed E-state index contributed by atoms with van der Waals surface area (Å²) in [7, 11) is 0. The fraction of sp³-hybridized carbons (Fsp3) is 0.200. The maximum absolute atomic E-state index is 6.95. The second kappa shape index (κ2) is 2.09. The third kappa shape index (κ3) is 1.17. The summed E-state index contributed by atoms with van der Waals surface area (Å²) in [6.45, 7) is -2.20. The Balaban J connectivity index is 3.06. The van der Waals surface area contributed by atoms with Gasteiger partial charge >= 0.3 is 0 Å². The van der Waals surface area contributed by atoms with Crippen molar-refractivity contribution in [1.82, 2.24) is 9.97 Å². The van der Waals surface area contributed by atoms with E-state index < -0.39 is 6.85 Å². The summed E-state index contributed by atoms with van der Waals surface area (Å²) >= 11 is 5.38. The first-order valence-corrected chi connectivity index (χ1v) is 2.37. The summed E-state index contributed by atoms with van der Waals surface area (Å²) in [5.41, 5.74) is -0.0301. The van der Waals surface area contributed by atoms with Crippen molar-refractivity contribution < 1.29 is 4.11 Å². The van der Waals surface area contributed by atoms with E-state index in [1.807, 2.05) is 0 Å². The Morgan fingerprint density at radius 1 is 1.88 bits per heavy atom. The van der Waals surface area contributed by atoms with Crippen LogP contribution in [-0.4, -0.2) is 9.97 Å². The topological polar surface area (TPSA) is 25.8 Å². The molecule has 0 fully saturated rings. The summed E-state index contributed by atoms with van der Waals surface area (Å²) in [6.07, 6.45) is 1.32. The molecule has 0 atom stereocenters. The van der Waals surface area contributed by atoms with Crippen LogP contribution >= 0.6 is 11.6 Å². The van der Waals surface area contributed by atoms with Gasteiger partial charge in [0, 0.05) is 16.0 Å². The Bertz CT molecular complexity index is 260. The Kier molecular flexibility index (Phi) is 0.727. The fourth-order valence-corrected chi connectivity index (χ4v) is 0.482. The van der Waals surface area contributed by atoms with E-state index in [0.717, 1.165) is 0 Å². The number of hydrogen-bond acceptors (Lipinski definition) is 2. The summed E-state index contributed by atoms with van der Waals surface area (Å²) < 4.78 is 20.9. The van der Waals surface area contributed by atoms with Gasteiger partial charge in [-0.1, -0.05) is 0 Å². The largest absolute Gasteiger partial charge is 0.227 e. The molecule has 0 radical (unpaired) electrons. The van der Waals surface area contributed by atoms with Gasteiger partial charge in [-0.2, -0.15) is 0 Å². The third-order valence-corrected chi connectivity index (χ3v) is 0.808. The van der Waals surface area contributed by atoms with Gasteiger partial charge in [-0.3, -0.25) is 0 Å². The van der Waals surface area contributed by atoms with E-state index in [-0.39, 0.29) is 11.0 Å². The molecule has 0 N–H and O–H groups in total. The van der Waals surface area contributed by atoms with Crippen LogP contribution < -0.4 is 0 Å². The molecule has 1 heterocycles. The number of nitrogens with zero attached hydrogens (tertiary/aromatic N) is 2. The molecule has 0 amide bonds. The molecule has 0 bridgehead atoms. The zero-order valence-electron chi connectivity index (χ0n) is 6.93. The molecule has 0 aliphatic rings. The lowest BCUT2D eigenvalue weighted by molar-refractivity contribution is 1.10. The van der Waals surface area contributed by atoms with Gasteiger partial charge in [-0.05, 0) is 24.5 Å². The summed E-state index contributed by atoms with van der Waals surface area (Å²) in [4.78, 5) is 7.09. The molecule has 1 rings (SSSR count). The molecular formula is C5H5ClN2. The van der Waals surface area contributed by atoms with Crippen LogP contribution in [0.1, 0.15) is 9.81 Å². The molecule has 0 unspecified atom stereocenters. The SMILES string of the molecule is [2H][13C]([2H])([2H])c1ccnc(Cl)n1. The van der Waals surface area contributed by atoms with E-state index in [2.05, 4.69) is 9.97 Å². The van der Waals surface area contributed by atoms with E-state index in [0.29, 0.717) is 0 Å². The summed E-state index contributed by atoms with van der Waals surface area (Å²) in [5, 5.41) is -0.0429. The van der Waals surface area contributed by atoms with Crippen molar-refractivity contribution in [3.8, 4) is 0 Å². The molecule has 3 heteroatoms. The molecule has 1 aromatic heterocycles. The van der Waals surface area contributed by atoms with Crippen molar-refractivity contribution in [3.05, 3.63) is 23.2 Å². The minimum absolute atomic E-state index is 0.0301. The monoisotopic (exact) mass is 132 g/mol. The number of aryl methyl sites for hydroxylation is 1. The van der Waals surface area contributed by atoms with Gasteiger partial charge in [0.2, 0.25) is 5.28 Å². The van der Waals surface area contributed by atoms with Gasteiger partial charge in [0.15, 0.2) is 0 Å². The van der Waals surface area contributed by atoms with Crippen molar-refractivity contribution in [2.75, 3.05) is 0 Å². The molecule has 1 aromatic rings. The highest BCUT2D eigenvalue weighted by molar-refractivity contribution is 6.28. The standard InChI is InChI=1S/C5H5ClN2/c1-4-2-3-7-5(6)8-4/h2-3H,1H3/i1+1D3. The van der Waals surface area contributed by atoms with Crippen molar-refractivity contribution in [2.24, 2.45) is 0 Å². The van der Waals surface area contributed by atoms with E-state index in [1.54, 1.807) is 0 Å². The maximum atomic E-state index is 6.95. The van der Waals surface area contributed by atoms with Crippen LogP contribution in [0.2, 0.25) is 5.28 Å². The van der Waals surface area contributed by atoms with Crippen LogP contribution in [0, 0.1) is 6.85 Å². The lowest BCUT2D eigenvalue weighted by Gasteiger charge is -1.87. The molecular weight excluding hydrogens is 125 g/mol. The van der Waals surface area contributed by atoms with Gasteiger partial charge in [-0.15, -0.1) is 0 Å². The number of aromatic nitrogens is 2. The zero-order valence-corrected chi connectivity index (χ0v) is 4.68. The molecule has 42 valence electrons. The molecule has 0 aromatic carbocycles. The fourth-order valence-electron chi connectivity index (χ4n) is 0.335. The van der Waals surface area contributed by atoms with E-state index >= 15 is 0 Å². The van der Waals surface area contributed by atoms with Crippen LogP contribution in [0.4, 0.5) is 0 Å². The van der Waals surface area contributed by atoms with Gasteiger partial charge < -0.3 is 0 Å². The first-order valence-electron chi connectivity index (χ1n) is 3.49. The maximum Gasteiger partial charge on any atom is 0.222 e. The van der Waals surface area contributed by atoms with Crippen LogP contribution in [0.25, 0.3) is 0 Å². The van der Waals surface area contributed by atoms with Crippen LogP contribution in [-0.2, 0) is 0 Å². The van der Waals surface area contributed by atoms with Crippen LogP contribution in [0.15, 0.2) is 12.3 Å². The van der Waals surface area contributed by atoms with E-state index in [9.17, 15) is 0 Å². The second-order valence-electron chi connectivity index (χ2n) is 1.21. The Labute approximate surface area is 56.8 Å². The zero-order chi connectivity index (χ0) is 8.48. The third-order valence-electron chi connectivity index (χ3n) is 0.626. The highest BCUT2D eigenvalue weighted by Crippen LogP contribution is 1.97. The molecule has 2 nitrogen and oxygen atoms in total. The lowest BCUT2D eigenvalue weighted by atomic mass is 10.6. The molecule has 0 saturated carbocycles. The van der Waals surface area contributed by atoms with Crippen LogP contribution in [0.5, 0.6) is 0 Å². The summed E-state index contributed by atoms with van der Waals surface area (Å²) in [5.74, 6) is 0. The van der Waals surface area contributed by atoms with Gasteiger partial charge in [0.25, 0.3) is 0 Å². The molecule has 8 heavy (non-hydrogen) atoms. The highest BCUT2D eigenvalue weighted by Gasteiger charge is 1.85. The normalized spacial score (nSPS) is 16.4. The quantitative estimate of drug-likeness (QED) is 0.394. The van der Waals surface area contributed by atoms with E-state index in [1.165, 1.54) is 12.3 Å². The minimum Gasteiger partial charge on any atom is -0.227 e. The molecule has 0 aliphatic carbocycles. The predicted octanol–water partition coefficient (Wildman–Crippen LogP) is 1.44. The van der Waals surface area contributed by atoms with Crippen molar-refractivity contribution in [3.63, 3.8) is 0 Å². The Hall–Kier alpha value is -0.630. The van der Waals surface area contributed by atoms with Gasteiger partial charge in [0.1, 0.15) is 0 Å². The van der Waals surface area contributed by atoms with E-state index in [4.69, 9.17) is 15.7 Å². The number of hydrogen-bond donors (Lipinski definition) is 0. The minimum atomic E-state index is -2.20. The Morgan fingerprint density at radius 3 is 3.25 bits per heavy atom. The van der Waals surface area contributed by atoms with Gasteiger partial charge in [0.05, 0.1) is 0 Å². The second-order valence-corrected chi connectivity index (χ2v) is 1.55. The highest BCUT2D eigenvalue weighted by atomic mass is 35.5. The molecule has 0 saturated heterocycles. The smallest absolute Gasteiger partial charge is 0.222 e. The van der Waals surface area contributed by atoms with Gasteiger partial charge in [-0.25, -0.2) is 9.97 Å². The average Bonchev–Trinajstić information content (AvgIpc) is 1.86. The molecule has 0 spiro atoms. The average molecular weight is 133 g/mol. The first-order chi connectivity index (χ1) is 5.00. The van der Waals surface area contributed by atoms with Crippen LogP contribution in [0.3, 0.4) is 0 Å².